The molecule has 1 aromatic carbocycles. The van der Waals surface area contributed by atoms with Gasteiger partial charge in [0.25, 0.3) is 0 Å². The van der Waals surface area contributed by atoms with Gasteiger partial charge in [0.05, 0.1) is 17.7 Å². The van der Waals surface area contributed by atoms with E-state index in [1.54, 1.807) is 6.07 Å². The van der Waals surface area contributed by atoms with Gasteiger partial charge in [-0.3, -0.25) is 14.2 Å². The molecule has 0 spiro atoms. The number of aromatic amines is 1. The molecule has 0 unspecified atom stereocenters. The minimum atomic E-state index is -0.640. The van der Waals surface area contributed by atoms with Gasteiger partial charge in [-0.15, -0.1) is 0 Å². The Kier molecular flexibility index (Phi) is 2.17. The first-order chi connectivity index (χ1) is 7.13. The number of nitrogens with one attached hydrogen (secondary N) is 1. The Morgan fingerprint density at radius 2 is 2.13 bits per heavy atom. The number of rotatable bonds is 1. The summed E-state index contributed by atoms with van der Waals surface area (Å²) in [6.45, 7) is 1.91. The van der Waals surface area contributed by atoms with Gasteiger partial charge in [0.2, 0.25) is 0 Å². The van der Waals surface area contributed by atoms with Crippen LogP contribution < -0.4 is 16.9 Å². The minimum absolute atomic E-state index is 0.00230. The van der Waals surface area contributed by atoms with Gasteiger partial charge in [-0.2, -0.15) is 0 Å². The smallest absolute Gasteiger partial charge is 0.316 e. The maximum atomic E-state index is 11.4. The largest absolute Gasteiger partial charge is 0.317 e. The summed E-state index contributed by atoms with van der Waals surface area (Å²) >= 11 is 0. The minimum Gasteiger partial charge on any atom is -0.316 e. The molecular formula is C10H11N3O2. The average molecular weight is 205 g/mol. The van der Waals surface area contributed by atoms with Crippen LogP contribution in [0.3, 0.4) is 0 Å². The first kappa shape index (κ1) is 9.67. The number of hydrogen-bond acceptors (Lipinski definition) is 3. The van der Waals surface area contributed by atoms with E-state index in [4.69, 9.17) is 5.73 Å². The van der Waals surface area contributed by atoms with Crippen LogP contribution in [-0.2, 0) is 6.67 Å². The van der Waals surface area contributed by atoms with Crippen LogP contribution in [-0.4, -0.2) is 9.55 Å². The second kappa shape index (κ2) is 3.36. The van der Waals surface area contributed by atoms with Crippen molar-refractivity contribution < 1.29 is 0 Å². The maximum Gasteiger partial charge on any atom is 0.317 e. The van der Waals surface area contributed by atoms with E-state index in [0.717, 1.165) is 5.56 Å². The SMILES string of the molecule is Cc1ccc2c(c1)[nH]c(=O)c(=O)n2CN. The Hall–Kier alpha value is -1.88. The third-order valence-corrected chi connectivity index (χ3v) is 2.31. The van der Waals surface area contributed by atoms with E-state index in [1.165, 1.54) is 4.57 Å². The van der Waals surface area contributed by atoms with Crippen molar-refractivity contribution in [3.05, 3.63) is 44.5 Å². The highest BCUT2D eigenvalue weighted by atomic mass is 16.2. The third-order valence-electron chi connectivity index (χ3n) is 2.31. The van der Waals surface area contributed by atoms with E-state index < -0.39 is 11.1 Å². The molecule has 0 saturated carbocycles. The molecule has 15 heavy (non-hydrogen) atoms. The van der Waals surface area contributed by atoms with Crippen molar-refractivity contribution in [2.45, 2.75) is 13.6 Å². The highest BCUT2D eigenvalue weighted by Gasteiger charge is 2.05. The van der Waals surface area contributed by atoms with Gasteiger partial charge < -0.3 is 10.7 Å². The monoisotopic (exact) mass is 205 g/mol. The third kappa shape index (κ3) is 1.46. The topological polar surface area (TPSA) is 80.9 Å². The molecule has 2 rings (SSSR count). The molecule has 5 nitrogen and oxygen atoms in total. The second-order valence-electron chi connectivity index (χ2n) is 3.39. The molecule has 0 bridgehead atoms. The fourth-order valence-corrected chi connectivity index (χ4v) is 1.57. The van der Waals surface area contributed by atoms with Crippen LogP contribution in [0, 0.1) is 6.92 Å². The van der Waals surface area contributed by atoms with Crippen LogP contribution in [0.25, 0.3) is 11.0 Å². The fraction of sp³-hybridized carbons (Fsp3) is 0.200. The standard InChI is InChI=1S/C10H11N3O2/c1-6-2-3-8-7(4-6)12-9(14)10(15)13(8)5-11/h2-4H,5,11H2,1H3,(H,12,14). The number of nitrogens with two attached hydrogens (primary N) is 1. The van der Waals surface area contributed by atoms with Gasteiger partial charge in [-0.25, -0.2) is 0 Å². The molecule has 2 aromatic rings. The quantitative estimate of drug-likeness (QED) is 0.638. The fourth-order valence-electron chi connectivity index (χ4n) is 1.57. The number of aryl methyl sites for hydroxylation is 1. The molecule has 0 aliphatic rings. The molecule has 1 aromatic heterocycles. The van der Waals surface area contributed by atoms with Crippen LogP contribution in [0.5, 0.6) is 0 Å². The van der Waals surface area contributed by atoms with E-state index in [0.29, 0.717) is 11.0 Å². The van der Waals surface area contributed by atoms with E-state index in [-0.39, 0.29) is 6.67 Å². The van der Waals surface area contributed by atoms with Crippen LogP contribution in [0.4, 0.5) is 0 Å². The van der Waals surface area contributed by atoms with Crippen molar-refractivity contribution in [2.24, 2.45) is 5.73 Å². The molecule has 0 aliphatic carbocycles. The van der Waals surface area contributed by atoms with E-state index in [2.05, 4.69) is 4.98 Å². The van der Waals surface area contributed by atoms with Crippen molar-refractivity contribution in [3.8, 4) is 0 Å². The lowest BCUT2D eigenvalue weighted by molar-refractivity contribution is 0.717. The van der Waals surface area contributed by atoms with Crippen LogP contribution in [0.2, 0.25) is 0 Å². The summed E-state index contributed by atoms with van der Waals surface area (Å²) in [6.07, 6.45) is 0. The summed E-state index contributed by atoms with van der Waals surface area (Å²) in [4.78, 5) is 25.2. The number of aromatic nitrogens is 2. The zero-order chi connectivity index (χ0) is 11.0. The van der Waals surface area contributed by atoms with E-state index >= 15 is 0 Å². The molecule has 3 N–H and O–H groups in total. The molecule has 5 heteroatoms. The summed E-state index contributed by atoms with van der Waals surface area (Å²) in [7, 11) is 0. The Morgan fingerprint density at radius 1 is 1.40 bits per heavy atom. The maximum absolute atomic E-state index is 11.4. The molecule has 0 amide bonds. The normalized spacial score (nSPS) is 10.8. The number of H-pyrrole nitrogens is 1. The van der Waals surface area contributed by atoms with Crippen molar-refractivity contribution in [3.63, 3.8) is 0 Å². The lowest BCUT2D eigenvalue weighted by Gasteiger charge is -2.06. The molecule has 0 atom stereocenters. The molecule has 0 radical (unpaired) electrons. The zero-order valence-corrected chi connectivity index (χ0v) is 8.28. The van der Waals surface area contributed by atoms with Crippen LogP contribution in [0.1, 0.15) is 5.56 Å². The van der Waals surface area contributed by atoms with Gasteiger partial charge in [-0.1, -0.05) is 6.07 Å². The number of fused-ring (bicyclic) bond motifs is 1. The van der Waals surface area contributed by atoms with Gasteiger partial charge in [0.1, 0.15) is 0 Å². The highest BCUT2D eigenvalue weighted by molar-refractivity contribution is 5.75. The van der Waals surface area contributed by atoms with Gasteiger partial charge in [-0.05, 0) is 24.6 Å². The van der Waals surface area contributed by atoms with Crippen LogP contribution >= 0.6 is 0 Å². The summed E-state index contributed by atoms with van der Waals surface area (Å²) in [5, 5.41) is 0. The first-order valence-electron chi connectivity index (χ1n) is 4.57. The number of benzene rings is 1. The second-order valence-corrected chi connectivity index (χ2v) is 3.39. The van der Waals surface area contributed by atoms with Gasteiger partial charge in [0, 0.05) is 0 Å². The van der Waals surface area contributed by atoms with Crippen molar-refractivity contribution in [1.82, 2.24) is 9.55 Å². The molecule has 1 heterocycles. The molecule has 78 valence electrons. The summed E-state index contributed by atoms with van der Waals surface area (Å²) in [5.74, 6) is 0. The lowest BCUT2D eigenvalue weighted by atomic mass is 10.2. The van der Waals surface area contributed by atoms with E-state index in [1.807, 2.05) is 19.1 Å². The van der Waals surface area contributed by atoms with Crippen molar-refractivity contribution in [1.29, 1.82) is 0 Å². The average Bonchev–Trinajstić information content (AvgIpc) is 2.20. The highest BCUT2D eigenvalue weighted by Crippen LogP contribution is 2.09. The summed E-state index contributed by atoms with van der Waals surface area (Å²) in [5.41, 5.74) is 6.47. The summed E-state index contributed by atoms with van der Waals surface area (Å²) < 4.78 is 1.26. The van der Waals surface area contributed by atoms with Crippen molar-refractivity contribution >= 4 is 11.0 Å². The Labute approximate surface area is 85.2 Å². The lowest BCUT2D eigenvalue weighted by Crippen LogP contribution is -2.37. The first-order valence-corrected chi connectivity index (χ1v) is 4.57. The van der Waals surface area contributed by atoms with Crippen LogP contribution in [0.15, 0.2) is 27.8 Å². The van der Waals surface area contributed by atoms with Gasteiger partial charge in [0.15, 0.2) is 0 Å². The number of nitrogens with zero attached hydrogens (tertiary/aromatic N) is 1. The van der Waals surface area contributed by atoms with E-state index in [9.17, 15) is 9.59 Å². The molecule has 0 fully saturated rings. The number of hydrogen-bond donors (Lipinski definition) is 2. The predicted octanol–water partition coefficient (Wildman–Crippen LogP) is -0.0856. The van der Waals surface area contributed by atoms with Gasteiger partial charge >= 0.3 is 11.1 Å². The Bertz CT molecular complexity index is 625. The zero-order valence-electron chi connectivity index (χ0n) is 8.28. The molecular weight excluding hydrogens is 194 g/mol. The van der Waals surface area contributed by atoms with Crippen molar-refractivity contribution in [2.75, 3.05) is 0 Å². The molecule has 0 saturated heterocycles. The summed E-state index contributed by atoms with van der Waals surface area (Å²) in [6, 6.07) is 5.45. The Balaban J connectivity index is 3.01. The molecule has 0 aliphatic heterocycles. The Morgan fingerprint density at radius 3 is 2.80 bits per heavy atom. The predicted molar refractivity (Wildman–Crippen MR) is 57.8 cm³/mol.